The Morgan fingerprint density at radius 3 is 2.93 bits per heavy atom. The molecular formula is C25H36O2. The normalized spacial score (nSPS) is 37.2. The number of allylic oxidation sites excluding steroid dienone is 1. The lowest BCUT2D eigenvalue weighted by Gasteiger charge is -2.50. The minimum atomic E-state index is -0.107. The lowest BCUT2D eigenvalue weighted by Crippen LogP contribution is -2.44. The van der Waals surface area contributed by atoms with Crippen LogP contribution in [0.2, 0.25) is 0 Å². The number of unbranched alkanes of at least 4 members (excludes halogenated alkanes) is 2. The van der Waals surface area contributed by atoms with E-state index in [0.717, 1.165) is 18.1 Å². The Labute approximate surface area is 165 Å². The fraction of sp³-hybridized carbons (Fsp3) is 0.680. The summed E-state index contributed by atoms with van der Waals surface area (Å²) in [6, 6.07) is 6.72. The summed E-state index contributed by atoms with van der Waals surface area (Å²) in [5.41, 5.74) is 3.20. The van der Waals surface area contributed by atoms with Gasteiger partial charge >= 0.3 is 0 Å². The molecule has 0 heterocycles. The quantitative estimate of drug-likeness (QED) is 0.501. The smallest absolute Gasteiger partial charge is 0.119 e. The zero-order valence-electron chi connectivity index (χ0n) is 17.1. The number of rotatable bonds is 6. The summed E-state index contributed by atoms with van der Waals surface area (Å²) in [6.45, 7) is 6.23. The number of aliphatic hydroxyl groups is 1. The number of ether oxygens (including phenoxy) is 1. The molecule has 148 valence electrons. The minimum Gasteiger partial charge on any atom is -0.497 e. The van der Waals surface area contributed by atoms with Gasteiger partial charge in [0.25, 0.3) is 0 Å². The number of aryl methyl sites for hydroxylation is 1. The molecule has 1 aromatic carbocycles. The van der Waals surface area contributed by atoms with Gasteiger partial charge in [-0.1, -0.05) is 25.5 Å². The first-order valence-electron chi connectivity index (χ1n) is 11.0. The van der Waals surface area contributed by atoms with Crippen molar-refractivity contribution >= 4 is 0 Å². The van der Waals surface area contributed by atoms with Crippen LogP contribution in [0, 0.1) is 23.2 Å². The predicted molar refractivity (Wildman–Crippen MR) is 111 cm³/mol. The molecule has 0 spiro atoms. The first kappa shape index (κ1) is 19.1. The third-order valence-electron chi connectivity index (χ3n) is 8.28. The molecule has 0 amide bonds. The van der Waals surface area contributed by atoms with Crippen LogP contribution in [0.5, 0.6) is 5.75 Å². The van der Waals surface area contributed by atoms with Crippen molar-refractivity contribution in [2.75, 3.05) is 7.11 Å². The number of hydrogen-bond acceptors (Lipinski definition) is 2. The van der Waals surface area contributed by atoms with Crippen molar-refractivity contribution in [2.45, 2.75) is 76.7 Å². The minimum absolute atomic E-state index is 0.107. The van der Waals surface area contributed by atoms with Gasteiger partial charge in [-0.05, 0) is 104 Å². The van der Waals surface area contributed by atoms with Crippen LogP contribution in [0.1, 0.15) is 75.3 Å². The van der Waals surface area contributed by atoms with Gasteiger partial charge in [0.15, 0.2) is 0 Å². The van der Waals surface area contributed by atoms with Crippen molar-refractivity contribution < 1.29 is 9.84 Å². The molecule has 0 bridgehead atoms. The van der Waals surface area contributed by atoms with E-state index in [1.54, 1.807) is 12.7 Å². The van der Waals surface area contributed by atoms with Crippen LogP contribution in [0.25, 0.3) is 0 Å². The van der Waals surface area contributed by atoms with Crippen molar-refractivity contribution in [2.24, 2.45) is 23.2 Å². The molecule has 3 aliphatic carbocycles. The molecule has 2 nitrogen and oxygen atoms in total. The zero-order valence-corrected chi connectivity index (χ0v) is 17.1. The highest BCUT2D eigenvalue weighted by Gasteiger charge is 2.57. The highest BCUT2D eigenvalue weighted by Crippen LogP contribution is 2.62. The number of benzene rings is 1. The Morgan fingerprint density at radius 1 is 1.30 bits per heavy atom. The Kier molecular flexibility index (Phi) is 5.38. The van der Waals surface area contributed by atoms with Gasteiger partial charge < -0.3 is 9.84 Å². The number of hydrogen-bond donors (Lipinski definition) is 1. The van der Waals surface area contributed by atoms with Crippen molar-refractivity contribution in [1.82, 2.24) is 0 Å². The molecule has 2 fully saturated rings. The van der Waals surface area contributed by atoms with E-state index in [1.807, 2.05) is 6.08 Å². The summed E-state index contributed by atoms with van der Waals surface area (Å²) < 4.78 is 5.45. The van der Waals surface area contributed by atoms with Gasteiger partial charge in [-0.2, -0.15) is 0 Å². The molecule has 27 heavy (non-hydrogen) atoms. The van der Waals surface area contributed by atoms with E-state index >= 15 is 0 Å². The topological polar surface area (TPSA) is 29.5 Å². The van der Waals surface area contributed by atoms with Crippen LogP contribution >= 0.6 is 0 Å². The van der Waals surface area contributed by atoms with Gasteiger partial charge in [-0.3, -0.25) is 0 Å². The second-order valence-electron chi connectivity index (χ2n) is 9.54. The molecule has 6 atom stereocenters. The third-order valence-corrected chi connectivity index (χ3v) is 8.28. The Morgan fingerprint density at radius 2 is 2.15 bits per heavy atom. The molecule has 0 radical (unpaired) electrons. The molecule has 1 unspecified atom stereocenters. The largest absolute Gasteiger partial charge is 0.497 e. The maximum absolute atomic E-state index is 11.2. The van der Waals surface area contributed by atoms with E-state index in [1.165, 1.54) is 56.9 Å². The van der Waals surface area contributed by atoms with Gasteiger partial charge in [-0.15, -0.1) is 6.58 Å². The molecule has 2 saturated carbocycles. The molecule has 2 heteroatoms. The van der Waals surface area contributed by atoms with Crippen molar-refractivity contribution in [3.05, 3.63) is 42.0 Å². The predicted octanol–water partition coefficient (Wildman–Crippen LogP) is 5.88. The van der Waals surface area contributed by atoms with Crippen LogP contribution < -0.4 is 4.74 Å². The first-order valence-corrected chi connectivity index (χ1v) is 11.0. The van der Waals surface area contributed by atoms with Crippen molar-refractivity contribution in [1.29, 1.82) is 0 Å². The van der Waals surface area contributed by atoms with E-state index in [9.17, 15) is 5.11 Å². The van der Waals surface area contributed by atoms with Gasteiger partial charge in [0.2, 0.25) is 0 Å². The van der Waals surface area contributed by atoms with Gasteiger partial charge in [0.1, 0.15) is 5.75 Å². The fourth-order valence-corrected chi connectivity index (χ4v) is 6.81. The summed E-state index contributed by atoms with van der Waals surface area (Å²) in [5.74, 6) is 3.61. The zero-order chi connectivity index (χ0) is 19.0. The van der Waals surface area contributed by atoms with Crippen LogP contribution in [-0.2, 0) is 6.42 Å². The van der Waals surface area contributed by atoms with E-state index in [4.69, 9.17) is 4.74 Å². The Bertz CT molecular complexity index is 681. The second kappa shape index (κ2) is 7.62. The average molecular weight is 369 g/mol. The third kappa shape index (κ3) is 3.24. The maximum atomic E-state index is 11.2. The summed E-state index contributed by atoms with van der Waals surface area (Å²) in [6.07, 6.45) is 12.7. The van der Waals surface area contributed by atoms with Gasteiger partial charge in [0, 0.05) is 0 Å². The van der Waals surface area contributed by atoms with Crippen molar-refractivity contribution in [3.63, 3.8) is 0 Å². The van der Waals surface area contributed by atoms with E-state index in [2.05, 4.69) is 31.7 Å². The van der Waals surface area contributed by atoms with Gasteiger partial charge in [-0.25, -0.2) is 0 Å². The van der Waals surface area contributed by atoms with E-state index in [-0.39, 0.29) is 11.5 Å². The fourth-order valence-electron chi connectivity index (χ4n) is 6.81. The lowest BCUT2D eigenvalue weighted by atomic mass is 9.55. The number of methoxy groups -OCH3 is 1. The molecule has 1 aromatic rings. The first-order chi connectivity index (χ1) is 13.1. The lowest BCUT2D eigenvalue weighted by molar-refractivity contribution is -0.0335. The molecular weight excluding hydrogens is 332 g/mol. The summed E-state index contributed by atoms with van der Waals surface area (Å²) in [5, 5.41) is 11.2. The SMILES string of the molecule is C=CCCCCC1C[C@H]2[C@@H]3CCc4cc(OC)ccc4[C@H]3CC[C@]2(C)[C@H]1O. The number of aliphatic hydroxyl groups excluding tert-OH is 1. The highest BCUT2D eigenvalue weighted by molar-refractivity contribution is 5.40. The second-order valence-corrected chi connectivity index (χ2v) is 9.54. The average Bonchev–Trinajstić information content (AvgIpc) is 2.95. The Hall–Kier alpha value is -1.28. The van der Waals surface area contributed by atoms with Gasteiger partial charge in [0.05, 0.1) is 13.2 Å². The molecule has 0 aromatic heterocycles. The number of fused-ring (bicyclic) bond motifs is 5. The van der Waals surface area contributed by atoms with Crippen LogP contribution in [0.3, 0.4) is 0 Å². The molecule has 4 rings (SSSR count). The summed E-state index contributed by atoms with van der Waals surface area (Å²) >= 11 is 0. The standard InChI is InChI=1S/C25H36O2/c1-4-5-6-7-8-18-16-23-22-11-9-17-15-19(27-3)10-12-20(17)21(22)13-14-25(23,2)24(18)26/h4,10,12,15,18,21-24,26H,1,5-9,11,13-14,16H2,2-3H3/t18?,21-,22-,23+,24+,25+/m1/s1. The molecule has 0 aliphatic heterocycles. The van der Waals surface area contributed by atoms with E-state index < -0.39 is 0 Å². The molecule has 3 aliphatic rings. The monoisotopic (exact) mass is 368 g/mol. The molecule has 1 N–H and O–H groups in total. The van der Waals surface area contributed by atoms with Crippen LogP contribution in [0.4, 0.5) is 0 Å². The van der Waals surface area contributed by atoms with Crippen LogP contribution in [0.15, 0.2) is 30.9 Å². The highest BCUT2D eigenvalue weighted by atomic mass is 16.5. The summed E-state index contributed by atoms with van der Waals surface area (Å²) in [4.78, 5) is 0. The van der Waals surface area contributed by atoms with Crippen LogP contribution in [-0.4, -0.2) is 18.3 Å². The molecule has 0 saturated heterocycles. The maximum Gasteiger partial charge on any atom is 0.119 e. The van der Waals surface area contributed by atoms with Crippen molar-refractivity contribution in [3.8, 4) is 5.75 Å². The van der Waals surface area contributed by atoms with E-state index in [0.29, 0.717) is 17.8 Å². The Balaban J connectivity index is 1.52. The summed E-state index contributed by atoms with van der Waals surface area (Å²) in [7, 11) is 1.76.